The molecule has 0 aliphatic carbocycles. The van der Waals surface area contributed by atoms with Gasteiger partial charge in [-0.15, -0.1) is 0 Å². The van der Waals surface area contributed by atoms with Gasteiger partial charge in [0, 0.05) is 5.69 Å². The van der Waals surface area contributed by atoms with Crippen LogP contribution in [0.5, 0.6) is 0 Å². The lowest BCUT2D eigenvalue weighted by Crippen LogP contribution is -2.17. The molecule has 0 spiro atoms. The third-order valence-corrected chi connectivity index (χ3v) is 3.82. The number of nitrogens with zero attached hydrogens (tertiary/aromatic N) is 1. The quantitative estimate of drug-likeness (QED) is 0.698. The second-order valence-electron chi connectivity index (χ2n) is 5.63. The van der Waals surface area contributed by atoms with Gasteiger partial charge in [0.05, 0.1) is 29.1 Å². The van der Waals surface area contributed by atoms with Crippen LogP contribution >= 0.6 is 0 Å². The van der Waals surface area contributed by atoms with Crippen molar-refractivity contribution in [1.29, 1.82) is 0 Å². The summed E-state index contributed by atoms with van der Waals surface area (Å²) in [5, 5.41) is 3.83. The van der Waals surface area contributed by atoms with E-state index in [0.717, 1.165) is 5.69 Å². The highest BCUT2D eigenvalue weighted by Gasteiger charge is 2.11. The van der Waals surface area contributed by atoms with Crippen LogP contribution in [0.15, 0.2) is 53.3 Å². The second kappa shape index (κ2) is 7.17. The first-order valence-corrected chi connectivity index (χ1v) is 8.11. The molecule has 25 heavy (non-hydrogen) atoms. The van der Waals surface area contributed by atoms with Gasteiger partial charge >= 0.3 is 5.97 Å². The number of anilines is 1. The Hall–Kier alpha value is -3.15. The van der Waals surface area contributed by atoms with Gasteiger partial charge in [0.2, 0.25) is 0 Å². The predicted molar refractivity (Wildman–Crippen MR) is 96.8 cm³/mol. The van der Waals surface area contributed by atoms with E-state index in [-0.39, 0.29) is 17.6 Å². The van der Waals surface area contributed by atoms with Gasteiger partial charge in [-0.1, -0.05) is 12.1 Å². The van der Waals surface area contributed by atoms with Crippen molar-refractivity contribution < 1.29 is 9.53 Å². The van der Waals surface area contributed by atoms with E-state index in [4.69, 9.17) is 4.74 Å². The van der Waals surface area contributed by atoms with Crippen molar-refractivity contribution in [2.75, 3.05) is 11.9 Å². The van der Waals surface area contributed by atoms with Crippen molar-refractivity contribution in [3.63, 3.8) is 0 Å². The van der Waals surface area contributed by atoms with Crippen molar-refractivity contribution in [2.45, 2.75) is 19.9 Å². The van der Waals surface area contributed by atoms with E-state index in [9.17, 15) is 9.59 Å². The zero-order chi connectivity index (χ0) is 17.8. The molecule has 1 aromatic heterocycles. The number of rotatable bonds is 5. The van der Waals surface area contributed by atoms with Crippen LogP contribution in [0, 0.1) is 0 Å². The summed E-state index contributed by atoms with van der Waals surface area (Å²) in [5.74, 6) is 0.209. The summed E-state index contributed by atoms with van der Waals surface area (Å²) in [7, 11) is 0. The molecule has 0 bridgehead atoms. The number of benzene rings is 2. The monoisotopic (exact) mass is 337 g/mol. The summed E-state index contributed by atoms with van der Waals surface area (Å²) < 4.78 is 4.96. The largest absolute Gasteiger partial charge is 0.462 e. The van der Waals surface area contributed by atoms with Gasteiger partial charge in [-0.05, 0) is 50.2 Å². The zero-order valence-electron chi connectivity index (χ0n) is 14.1. The lowest BCUT2D eigenvalue weighted by atomic mass is 10.2. The molecule has 2 N–H and O–H groups in total. The molecule has 0 fully saturated rings. The molecule has 2 aromatic carbocycles. The highest BCUT2D eigenvalue weighted by molar-refractivity contribution is 5.89. The number of esters is 1. The summed E-state index contributed by atoms with van der Waals surface area (Å²) in [5.41, 5.74) is 1.81. The molecule has 6 heteroatoms. The number of aromatic amines is 1. The van der Waals surface area contributed by atoms with Crippen LogP contribution in [0.2, 0.25) is 0 Å². The van der Waals surface area contributed by atoms with Crippen LogP contribution in [0.1, 0.15) is 36.1 Å². The first-order chi connectivity index (χ1) is 12.1. The Morgan fingerprint density at radius 1 is 1.20 bits per heavy atom. The standard InChI is InChI=1S/C19H19N3O3/c1-3-25-19(24)13-8-10-14(11-9-13)20-12(2)17-21-16-7-5-4-6-15(16)18(23)22-17/h4-12,20H,3H2,1-2H3,(H,21,22,23). The molecule has 0 radical (unpaired) electrons. The minimum absolute atomic E-state index is 0.160. The normalized spacial score (nSPS) is 11.9. The maximum Gasteiger partial charge on any atom is 0.338 e. The average Bonchev–Trinajstić information content (AvgIpc) is 2.62. The number of fused-ring (bicyclic) bond motifs is 1. The summed E-state index contributed by atoms with van der Waals surface area (Å²) in [6.45, 7) is 4.02. The predicted octanol–water partition coefficient (Wildman–Crippen LogP) is 3.27. The average molecular weight is 337 g/mol. The number of nitrogens with one attached hydrogen (secondary N) is 2. The van der Waals surface area contributed by atoms with Crippen LogP contribution in [-0.2, 0) is 4.74 Å². The minimum atomic E-state index is -0.345. The van der Waals surface area contributed by atoms with Crippen molar-refractivity contribution >= 4 is 22.6 Å². The first-order valence-electron chi connectivity index (χ1n) is 8.11. The first kappa shape index (κ1) is 16.7. The van der Waals surface area contributed by atoms with E-state index < -0.39 is 0 Å². The fraction of sp³-hybridized carbons (Fsp3) is 0.211. The van der Waals surface area contributed by atoms with E-state index in [0.29, 0.717) is 28.9 Å². The Balaban J connectivity index is 1.79. The molecular weight excluding hydrogens is 318 g/mol. The van der Waals surface area contributed by atoms with Crippen LogP contribution in [-0.4, -0.2) is 22.5 Å². The number of hydrogen-bond acceptors (Lipinski definition) is 5. The Morgan fingerprint density at radius 3 is 2.64 bits per heavy atom. The summed E-state index contributed by atoms with van der Waals surface area (Å²) in [4.78, 5) is 31.2. The second-order valence-corrected chi connectivity index (χ2v) is 5.63. The molecule has 6 nitrogen and oxygen atoms in total. The van der Waals surface area contributed by atoms with Crippen LogP contribution in [0.3, 0.4) is 0 Å². The molecule has 0 aliphatic heterocycles. The van der Waals surface area contributed by atoms with Gasteiger partial charge in [0.1, 0.15) is 5.82 Å². The number of aromatic nitrogens is 2. The molecule has 0 saturated heterocycles. The smallest absolute Gasteiger partial charge is 0.338 e. The van der Waals surface area contributed by atoms with Crippen molar-refractivity contribution in [3.8, 4) is 0 Å². The molecule has 0 saturated carbocycles. The molecule has 128 valence electrons. The number of carbonyl (C=O) groups is 1. The summed E-state index contributed by atoms with van der Waals surface area (Å²) >= 11 is 0. The minimum Gasteiger partial charge on any atom is -0.462 e. The van der Waals surface area contributed by atoms with Crippen LogP contribution in [0.25, 0.3) is 10.9 Å². The number of carbonyl (C=O) groups excluding carboxylic acids is 1. The van der Waals surface area contributed by atoms with Crippen LogP contribution in [0.4, 0.5) is 5.69 Å². The van der Waals surface area contributed by atoms with E-state index in [1.54, 1.807) is 37.3 Å². The fourth-order valence-electron chi connectivity index (χ4n) is 2.54. The van der Waals surface area contributed by atoms with Gasteiger partial charge < -0.3 is 15.0 Å². The molecule has 1 heterocycles. The van der Waals surface area contributed by atoms with Crippen molar-refractivity contribution in [2.24, 2.45) is 0 Å². The molecule has 3 rings (SSSR count). The molecular formula is C19H19N3O3. The number of ether oxygens (including phenoxy) is 1. The third kappa shape index (κ3) is 3.68. The molecule has 0 aliphatic rings. The Bertz CT molecular complexity index is 948. The number of H-pyrrole nitrogens is 1. The molecule has 0 amide bonds. The van der Waals surface area contributed by atoms with Crippen LogP contribution < -0.4 is 10.9 Å². The number of hydrogen-bond donors (Lipinski definition) is 2. The van der Waals surface area contributed by atoms with Gasteiger partial charge in [-0.2, -0.15) is 0 Å². The third-order valence-electron chi connectivity index (χ3n) is 3.82. The van der Waals surface area contributed by atoms with Crippen molar-refractivity contribution in [3.05, 3.63) is 70.3 Å². The Labute approximate surface area is 144 Å². The topological polar surface area (TPSA) is 84.1 Å². The maximum absolute atomic E-state index is 12.2. The molecule has 3 aromatic rings. The van der Waals surface area contributed by atoms with E-state index in [1.165, 1.54) is 0 Å². The van der Waals surface area contributed by atoms with E-state index >= 15 is 0 Å². The SMILES string of the molecule is CCOC(=O)c1ccc(NC(C)c2nc3ccccc3c(=O)[nH]2)cc1. The Morgan fingerprint density at radius 2 is 1.92 bits per heavy atom. The Kier molecular flexibility index (Phi) is 4.79. The van der Waals surface area contributed by atoms with Gasteiger partial charge in [-0.25, -0.2) is 9.78 Å². The van der Waals surface area contributed by atoms with Gasteiger partial charge in [-0.3, -0.25) is 4.79 Å². The van der Waals surface area contributed by atoms with E-state index in [2.05, 4.69) is 15.3 Å². The maximum atomic E-state index is 12.2. The van der Waals surface area contributed by atoms with Crippen molar-refractivity contribution in [1.82, 2.24) is 9.97 Å². The fourth-order valence-corrected chi connectivity index (χ4v) is 2.54. The van der Waals surface area contributed by atoms with Gasteiger partial charge in [0.25, 0.3) is 5.56 Å². The zero-order valence-corrected chi connectivity index (χ0v) is 14.1. The summed E-state index contributed by atoms with van der Waals surface area (Å²) in [6.07, 6.45) is 0. The molecule has 1 unspecified atom stereocenters. The highest BCUT2D eigenvalue weighted by Crippen LogP contribution is 2.18. The summed E-state index contributed by atoms with van der Waals surface area (Å²) in [6, 6.07) is 14.0. The lowest BCUT2D eigenvalue weighted by molar-refractivity contribution is 0.0526. The number of para-hydroxylation sites is 1. The highest BCUT2D eigenvalue weighted by atomic mass is 16.5. The van der Waals surface area contributed by atoms with E-state index in [1.807, 2.05) is 25.1 Å². The lowest BCUT2D eigenvalue weighted by Gasteiger charge is -2.15. The van der Waals surface area contributed by atoms with Gasteiger partial charge in [0.15, 0.2) is 0 Å². The molecule has 1 atom stereocenters.